The van der Waals surface area contributed by atoms with E-state index in [1.165, 1.54) is 29.2 Å². The van der Waals surface area contributed by atoms with Gasteiger partial charge in [0.05, 0.1) is 23.7 Å². The van der Waals surface area contributed by atoms with Crippen LogP contribution in [0.25, 0.3) is 0 Å². The number of nitrogens with one attached hydrogen (secondary N) is 1. The molecule has 0 radical (unpaired) electrons. The molecule has 3 heterocycles. The molecule has 12 nitrogen and oxygen atoms in total. The fourth-order valence-corrected chi connectivity index (χ4v) is 4.60. The van der Waals surface area contributed by atoms with E-state index in [4.69, 9.17) is 10.5 Å². The molecule has 0 bridgehead atoms. The molecule has 1 aromatic heterocycles. The lowest BCUT2D eigenvalue weighted by atomic mass is 10.2. The number of nitro groups is 1. The van der Waals surface area contributed by atoms with Gasteiger partial charge in [-0.1, -0.05) is 6.07 Å². The third-order valence-corrected chi connectivity index (χ3v) is 6.61. The Morgan fingerprint density at radius 2 is 1.76 bits per heavy atom. The van der Waals surface area contributed by atoms with E-state index < -0.39 is 23.0 Å². The molecule has 0 spiro atoms. The summed E-state index contributed by atoms with van der Waals surface area (Å²) in [6.07, 6.45) is 0.710. The maximum Gasteiger partial charge on any atom is 0.414 e. The van der Waals surface area contributed by atoms with Gasteiger partial charge in [0.1, 0.15) is 6.10 Å². The SMILES string of the molecule is Nc1cccnc1N1CCN(c2ccc(N3C[C@H](CNC(=O)c4cccc([N+](=O)[O-])c4)OC3=O)cc2)CC1. The average Bonchev–Trinajstić information content (AvgIpc) is 3.32. The number of amides is 2. The number of aromatic nitrogens is 1. The molecule has 3 N–H and O–H groups in total. The molecule has 2 fully saturated rings. The molecule has 3 aromatic rings. The molecule has 0 saturated carbocycles. The maximum absolute atomic E-state index is 12.5. The highest BCUT2D eigenvalue weighted by molar-refractivity contribution is 5.95. The van der Waals surface area contributed by atoms with Gasteiger partial charge in [0.2, 0.25) is 0 Å². The monoisotopic (exact) mass is 517 g/mol. The van der Waals surface area contributed by atoms with E-state index in [2.05, 4.69) is 20.1 Å². The molecular weight excluding hydrogens is 490 g/mol. The fraction of sp³-hybridized carbons (Fsp3) is 0.269. The van der Waals surface area contributed by atoms with Crippen LogP contribution in [0, 0.1) is 10.1 Å². The van der Waals surface area contributed by atoms with Gasteiger partial charge in [-0.2, -0.15) is 0 Å². The summed E-state index contributed by atoms with van der Waals surface area (Å²) in [4.78, 5) is 45.7. The van der Waals surface area contributed by atoms with E-state index in [9.17, 15) is 19.7 Å². The van der Waals surface area contributed by atoms with E-state index in [1.807, 2.05) is 36.4 Å². The van der Waals surface area contributed by atoms with Crippen molar-refractivity contribution in [1.29, 1.82) is 0 Å². The average molecular weight is 518 g/mol. The summed E-state index contributed by atoms with van der Waals surface area (Å²) in [6, 6.07) is 16.9. The number of nitrogens with two attached hydrogens (primary N) is 1. The van der Waals surface area contributed by atoms with Gasteiger partial charge in [0.25, 0.3) is 11.6 Å². The van der Waals surface area contributed by atoms with Gasteiger partial charge in [0, 0.05) is 61.4 Å². The highest BCUT2D eigenvalue weighted by Crippen LogP contribution is 2.27. The Morgan fingerprint density at radius 3 is 2.47 bits per heavy atom. The number of cyclic esters (lactones) is 1. The Hall–Kier alpha value is -4.87. The number of nitrogen functional groups attached to an aromatic ring is 1. The second kappa shape index (κ2) is 10.6. The molecular formula is C26H27N7O5. The predicted molar refractivity (Wildman–Crippen MR) is 143 cm³/mol. The Morgan fingerprint density at radius 1 is 1.05 bits per heavy atom. The Labute approximate surface area is 218 Å². The van der Waals surface area contributed by atoms with Crippen LogP contribution in [0.2, 0.25) is 0 Å². The number of rotatable bonds is 7. The largest absolute Gasteiger partial charge is 0.442 e. The fourth-order valence-electron chi connectivity index (χ4n) is 4.60. The van der Waals surface area contributed by atoms with Crippen molar-refractivity contribution in [3.05, 3.63) is 82.5 Å². The molecule has 38 heavy (non-hydrogen) atoms. The number of pyridine rings is 1. The molecule has 196 valence electrons. The number of carbonyl (C=O) groups is 2. The van der Waals surface area contributed by atoms with Crippen LogP contribution in [0.4, 0.5) is 33.4 Å². The highest BCUT2D eigenvalue weighted by Gasteiger charge is 2.33. The number of carbonyl (C=O) groups excluding carboxylic acids is 2. The minimum absolute atomic E-state index is 0.0902. The molecule has 2 saturated heterocycles. The van der Waals surface area contributed by atoms with Crippen LogP contribution in [0.3, 0.4) is 0 Å². The van der Waals surface area contributed by atoms with Crippen molar-refractivity contribution in [3.8, 4) is 0 Å². The lowest BCUT2D eigenvalue weighted by Gasteiger charge is -2.37. The number of piperazine rings is 1. The number of nitrogens with zero attached hydrogens (tertiary/aromatic N) is 5. The zero-order valence-corrected chi connectivity index (χ0v) is 20.5. The Kier molecular flexibility index (Phi) is 6.94. The molecule has 2 aromatic carbocycles. The van der Waals surface area contributed by atoms with Crippen LogP contribution in [0.15, 0.2) is 66.9 Å². The summed E-state index contributed by atoms with van der Waals surface area (Å²) in [5.41, 5.74) is 8.49. The summed E-state index contributed by atoms with van der Waals surface area (Å²) in [5, 5.41) is 13.6. The van der Waals surface area contributed by atoms with Crippen molar-refractivity contribution in [1.82, 2.24) is 10.3 Å². The maximum atomic E-state index is 12.5. The zero-order chi connectivity index (χ0) is 26.6. The number of ether oxygens (including phenoxy) is 1. The minimum atomic E-state index is -0.558. The number of hydrogen-bond donors (Lipinski definition) is 2. The number of non-ortho nitro benzene ring substituents is 1. The van der Waals surface area contributed by atoms with E-state index in [1.54, 1.807) is 6.20 Å². The third-order valence-electron chi connectivity index (χ3n) is 6.61. The van der Waals surface area contributed by atoms with Crippen LogP contribution in [-0.2, 0) is 4.74 Å². The van der Waals surface area contributed by atoms with Crippen LogP contribution >= 0.6 is 0 Å². The van der Waals surface area contributed by atoms with Crippen molar-refractivity contribution in [2.45, 2.75) is 6.10 Å². The summed E-state index contributed by atoms with van der Waals surface area (Å²) in [7, 11) is 0. The van der Waals surface area contributed by atoms with Crippen LogP contribution in [0.5, 0.6) is 0 Å². The van der Waals surface area contributed by atoms with Gasteiger partial charge in [-0.15, -0.1) is 0 Å². The summed E-state index contributed by atoms with van der Waals surface area (Å²) < 4.78 is 5.42. The summed E-state index contributed by atoms with van der Waals surface area (Å²) >= 11 is 0. The second-order valence-corrected chi connectivity index (χ2v) is 9.04. The van der Waals surface area contributed by atoms with E-state index in [-0.39, 0.29) is 24.3 Å². The van der Waals surface area contributed by atoms with Crippen molar-refractivity contribution >= 4 is 40.6 Å². The molecule has 2 aliphatic heterocycles. The van der Waals surface area contributed by atoms with E-state index in [0.29, 0.717) is 11.4 Å². The van der Waals surface area contributed by atoms with Gasteiger partial charge in [0.15, 0.2) is 5.82 Å². The summed E-state index contributed by atoms with van der Waals surface area (Å²) in [5.74, 6) is 0.337. The van der Waals surface area contributed by atoms with Crippen LogP contribution in [-0.4, -0.2) is 67.3 Å². The van der Waals surface area contributed by atoms with Crippen molar-refractivity contribution in [2.75, 3.05) is 59.7 Å². The molecule has 2 aliphatic rings. The van der Waals surface area contributed by atoms with E-state index in [0.717, 1.165) is 37.7 Å². The molecule has 0 unspecified atom stereocenters. The zero-order valence-electron chi connectivity index (χ0n) is 20.5. The van der Waals surface area contributed by atoms with Crippen LogP contribution < -0.4 is 25.8 Å². The number of nitro benzene ring substituents is 1. The first kappa shape index (κ1) is 24.8. The molecule has 12 heteroatoms. The lowest BCUT2D eigenvalue weighted by Crippen LogP contribution is -2.47. The van der Waals surface area contributed by atoms with Gasteiger partial charge >= 0.3 is 6.09 Å². The van der Waals surface area contributed by atoms with Gasteiger partial charge in [-0.3, -0.25) is 19.8 Å². The Balaban J connectivity index is 1.14. The molecule has 5 rings (SSSR count). The standard InChI is InChI=1S/C26H27N7O5/c27-23-5-2-10-28-24(23)31-13-11-30(12-14-31)19-6-8-20(9-7-19)32-17-22(38-26(32)35)16-29-25(34)18-3-1-4-21(15-18)33(36)37/h1-10,15,22H,11-14,16-17,27H2,(H,29,34)/t22-/m0/s1. The molecule has 0 aliphatic carbocycles. The smallest absolute Gasteiger partial charge is 0.414 e. The lowest BCUT2D eigenvalue weighted by molar-refractivity contribution is -0.384. The minimum Gasteiger partial charge on any atom is -0.442 e. The van der Waals surface area contributed by atoms with E-state index >= 15 is 0 Å². The normalized spacial score (nSPS) is 17.3. The second-order valence-electron chi connectivity index (χ2n) is 9.04. The van der Waals surface area contributed by atoms with Crippen LogP contribution in [0.1, 0.15) is 10.4 Å². The Bertz CT molecular complexity index is 1340. The quantitative estimate of drug-likeness (QED) is 0.356. The van der Waals surface area contributed by atoms with Crippen molar-refractivity contribution in [2.24, 2.45) is 0 Å². The highest BCUT2D eigenvalue weighted by atomic mass is 16.6. The predicted octanol–water partition coefficient (Wildman–Crippen LogP) is 2.65. The first-order valence-corrected chi connectivity index (χ1v) is 12.2. The molecule has 2 amide bonds. The van der Waals surface area contributed by atoms with Crippen molar-refractivity contribution < 1.29 is 19.2 Å². The third kappa shape index (κ3) is 5.28. The van der Waals surface area contributed by atoms with Gasteiger partial charge in [-0.25, -0.2) is 9.78 Å². The number of benzene rings is 2. The summed E-state index contributed by atoms with van der Waals surface area (Å²) in [6.45, 7) is 3.59. The first-order valence-electron chi connectivity index (χ1n) is 12.2. The topological polar surface area (TPSA) is 147 Å². The molecule has 1 atom stereocenters. The van der Waals surface area contributed by atoms with Gasteiger partial charge < -0.3 is 25.6 Å². The number of anilines is 4. The first-order chi connectivity index (χ1) is 18.4. The van der Waals surface area contributed by atoms with Crippen molar-refractivity contribution in [3.63, 3.8) is 0 Å². The number of hydrogen-bond acceptors (Lipinski definition) is 9. The van der Waals surface area contributed by atoms with Gasteiger partial charge in [-0.05, 0) is 42.5 Å².